The minimum atomic E-state index is 0.447. The van der Waals surface area contributed by atoms with E-state index in [1.807, 2.05) is 27.7 Å². The van der Waals surface area contributed by atoms with Crippen LogP contribution in [0.4, 0.5) is 11.6 Å². The molecule has 3 rings (SSSR count). The molecule has 0 atom stereocenters. The van der Waals surface area contributed by atoms with Crippen molar-refractivity contribution in [1.29, 1.82) is 0 Å². The molecule has 0 bridgehead atoms. The van der Waals surface area contributed by atoms with Crippen LogP contribution in [-0.4, -0.2) is 24.9 Å². The van der Waals surface area contributed by atoms with Gasteiger partial charge in [-0.15, -0.1) is 0 Å². The first kappa shape index (κ1) is 16.8. The zero-order valence-corrected chi connectivity index (χ0v) is 14.8. The van der Waals surface area contributed by atoms with Crippen molar-refractivity contribution in [3.05, 3.63) is 53.0 Å². The molecule has 0 saturated carbocycles. The molecule has 3 aromatic heterocycles. The van der Waals surface area contributed by atoms with Gasteiger partial charge in [-0.3, -0.25) is 9.97 Å². The Morgan fingerprint density at radius 1 is 0.760 bits per heavy atom. The van der Waals surface area contributed by atoms with E-state index in [1.165, 1.54) is 0 Å². The summed E-state index contributed by atoms with van der Waals surface area (Å²) in [5.74, 6) is 2.81. The van der Waals surface area contributed by atoms with Gasteiger partial charge < -0.3 is 15.1 Å². The van der Waals surface area contributed by atoms with E-state index in [1.54, 1.807) is 18.6 Å². The van der Waals surface area contributed by atoms with E-state index >= 15 is 0 Å². The molecule has 130 valence electrons. The molecule has 3 heterocycles. The van der Waals surface area contributed by atoms with Crippen LogP contribution in [0, 0.1) is 27.7 Å². The second-order valence-corrected chi connectivity index (χ2v) is 5.82. The maximum absolute atomic E-state index is 5.73. The minimum Gasteiger partial charge on any atom is -0.442 e. The number of aryl methyl sites for hydroxylation is 4. The van der Waals surface area contributed by atoms with Crippen LogP contribution in [0.25, 0.3) is 0 Å². The molecule has 0 amide bonds. The van der Waals surface area contributed by atoms with Crippen molar-refractivity contribution < 1.29 is 4.42 Å². The monoisotopic (exact) mass is 339 g/mol. The fourth-order valence-corrected chi connectivity index (χ4v) is 2.25. The van der Waals surface area contributed by atoms with Gasteiger partial charge >= 0.3 is 0 Å². The summed E-state index contributed by atoms with van der Waals surface area (Å²) < 4.78 is 5.73. The number of oxazole rings is 1. The van der Waals surface area contributed by atoms with Crippen molar-refractivity contribution in [2.45, 2.75) is 40.8 Å². The molecule has 8 nitrogen and oxygen atoms in total. The highest BCUT2D eigenvalue weighted by Gasteiger charge is 2.08. The fourth-order valence-electron chi connectivity index (χ4n) is 2.25. The number of hydrogen-bond donors (Lipinski definition) is 2. The number of nitrogens with zero attached hydrogens (tertiary/aromatic N) is 5. The highest BCUT2D eigenvalue weighted by molar-refractivity contribution is 5.40. The molecule has 0 aromatic carbocycles. The first-order chi connectivity index (χ1) is 12.0. The lowest BCUT2D eigenvalue weighted by atomic mass is 10.4. The zero-order valence-electron chi connectivity index (χ0n) is 14.8. The third-order valence-corrected chi connectivity index (χ3v) is 3.59. The predicted octanol–water partition coefficient (Wildman–Crippen LogP) is 2.71. The van der Waals surface area contributed by atoms with Crippen LogP contribution in [-0.2, 0) is 13.1 Å². The largest absolute Gasteiger partial charge is 0.442 e. The van der Waals surface area contributed by atoms with Crippen LogP contribution in [0.2, 0.25) is 0 Å². The molecular weight excluding hydrogens is 318 g/mol. The van der Waals surface area contributed by atoms with Crippen molar-refractivity contribution in [2.24, 2.45) is 0 Å². The highest BCUT2D eigenvalue weighted by atomic mass is 16.4. The van der Waals surface area contributed by atoms with Crippen molar-refractivity contribution in [1.82, 2.24) is 24.9 Å². The molecule has 0 aliphatic heterocycles. The van der Waals surface area contributed by atoms with E-state index in [0.29, 0.717) is 19.0 Å². The minimum absolute atomic E-state index is 0.447. The predicted molar refractivity (Wildman–Crippen MR) is 94.2 cm³/mol. The number of hydrogen-bond acceptors (Lipinski definition) is 8. The van der Waals surface area contributed by atoms with E-state index in [9.17, 15) is 0 Å². The van der Waals surface area contributed by atoms with Gasteiger partial charge in [0.15, 0.2) is 0 Å². The molecule has 0 aliphatic carbocycles. The summed E-state index contributed by atoms with van der Waals surface area (Å²) in [4.78, 5) is 21.7. The van der Waals surface area contributed by atoms with E-state index in [0.717, 1.165) is 40.2 Å². The Hall–Kier alpha value is -3.03. The standard InChI is InChI=1S/C17H21N7O/c1-10-5-18-12(3)16(23-10)21-8-14-7-20-15(25-14)9-22-17-13(4)19-6-11(2)24-17/h5-7H,8-9H2,1-4H3,(H,21,23)(H,22,24). The van der Waals surface area contributed by atoms with Gasteiger partial charge in [-0.05, 0) is 27.7 Å². The molecule has 0 aliphatic rings. The van der Waals surface area contributed by atoms with Crippen molar-refractivity contribution in [2.75, 3.05) is 10.6 Å². The third kappa shape index (κ3) is 4.28. The average Bonchev–Trinajstić information content (AvgIpc) is 3.04. The molecule has 0 radical (unpaired) electrons. The van der Waals surface area contributed by atoms with Crippen molar-refractivity contribution >= 4 is 11.6 Å². The molecule has 0 fully saturated rings. The summed E-state index contributed by atoms with van der Waals surface area (Å²) in [6.45, 7) is 8.58. The summed E-state index contributed by atoms with van der Waals surface area (Å²) in [5.41, 5.74) is 3.42. The summed E-state index contributed by atoms with van der Waals surface area (Å²) in [6.07, 6.45) is 5.19. The van der Waals surface area contributed by atoms with Crippen LogP contribution in [0.3, 0.4) is 0 Å². The van der Waals surface area contributed by atoms with Gasteiger partial charge in [-0.2, -0.15) is 0 Å². The molecule has 25 heavy (non-hydrogen) atoms. The van der Waals surface area contributed by atoms with Crippen LogP contribution in [0.15, 0.2) is 23.0 Å². The number of rotatable bonds is 6. The second-order valence-electron chi connectivity index (χ2n) is 5.82. The molecule has 0 unspecified atom stereocenters. The van der Waals surface area contributed by atoms with Gasteiger partial charge in [0.05, 0.1) is 42.1 Å². The molecule has 3 aromatic rings. The van der Waals surface area contributed by atoms with Gasteiger partial charge in [0.1, 0.15) is 17.4 Å². The summed E-state index contributed by atoms with van der Waals surface area (Å²) in [6, 6.07) is 0. The van der Waals surface area contributed by atoms with E-state index in [4.69, 9.17) is 4.42 Å². The summed E-state index contributed by atoms with van der Waals surface area (Å²) in [7, 11) is 0. The molecule has 0 saturated heterocycles. The molecule has 0 spiro atoms. The van der Waals surface area contributed by atoms with Gasteiger partial charge in [0.25, 0.3) is 0 Å². The van der Waals surface area contributed by atoms with E-state index in [-0.39, 0.29) is 0 Å². The highest BCUT2D eigenvalue weighted by Crippen LogP contribution is 2.13. The van der Waals surface area contributed by atoms with Crippen LogP contribution in [0.1, 0.15) is 34.4 Å². The number of anilines is 2. The zero-order chi connectivity index (χ0) is 17.8. The number of aromatic nitrogens is 5. The molecule has 2 N–H and O–H groups in total. The van der Waals surface area contributed by atoms with Crippen LogP contribution in [0.5, 0.6) is 0 Å². The summed E-state index contributed by atoms with van der Waals surface area (Å²) in [5, 5.41) is 6.42. The maximum atomic E-state index is 5.73. The van der Waals surface area contributed by atoms with E-state index in [2.05, 4.69) is 35.6 Å². The quantitative estimate of drug-likeness (QED) is 0.707. The fraction of sp³-hybridized carbons (Fsp3) is 0.353. The Bertz CT molecular complexity index is 805. The molecule has 8 heteroatoms. The lowest BCUT2D eigenvalue weighted by Gasteiger charge is -2.07. The topological polar surface area (TPSA) is 102 Å². The van der Waals surface area contributed by atoms with Gasteiger partial charge in [0.2, 0.25) is 5.89 Å². The second kappa shape index (κ2) is 7.25. The van der Waals surface area contributed by atoms with Crippen LogP contribution < -0.4 is 10.6 Å². The SMILES string of the molecule is Cc1cnc(C)c(NCc2cnc(CNc3nc(C)cnc3C)o2)n1. The van der Waals surface area contributed by atoms with Gasteiger partial charge in [-0.1, -0.05) is 0 Å². The number of nitrogens with one attached hydrogen (secondary N) is 2. The Labute approximate surface area is 146 Å². The lowest BCUT2D eigenvalue weighted by Crippen LogP contribution is -2.06. The Morgan fingerprint density at radius 3 is 1.92 bits per heavy atom. The van der Waals surface area contributed by atoms with Gasteiger partial charge in [-0.25, -0.2) is 15.0 Å². The Balaban J connectivity index is 1.59. The Kier molecular flexibility index (Phi) is 4.87. The normalized spacial score (nSPS) is 10.7. The maximum Gasteiger partial charge on any atom is 0.213 e. The molecular formula is C17H21N7O. The average molecular weight is 339 g/mol. The lowest BCUT2D eigenvalue weighted by molar-refractivity contribution is 0.466. The first-order valence-electron chi connectivity index (χ1n) is 8.03. The van der Waals surface area contributed by atoms with Crippen LogP contribution >= 0.6 is 0 Å². The third-order valence-electron chi connectivity index (χ3n) is 3.59. The first-order valence-corrected chi connectivity index (χ1v) is 8.03. The van der Waals surface area contributed by atoms with Crippen molar-refractivity contribution in [3.63, 3.8) is 0 Å². The summed E-state index contributed by atoms with van der Waals surface area (Å²) >= 11 is 0. The van der Waals surface area contributed by atoms with Gasteiger partial charge in [0, 0.05) is 12.4 Å². The Morgan fingerprint density at radius 2 is 1.32 bits per heavy atom. The van der Waals surface area contributed by atoms with Crippen molar-refractivity contribution in [3.8, 4) is 0 Å². The van der Waals surface area contributed by atoms with E-state index < -0.39 is 0 Å². The smallest absolute Gasteiger partial charge is 0.213 e.